The molecular weight excluding hydrogens is 291 g/mol. The topological polar surface area (TPSA) is 40.6 Å². The molecule has 7 heteroatoms. The molecule has 100 valence electrons. The predicted molar refractivity (Wildman–Crippen MR) is 72.1 cm³/mol. The summed E-state index contributed by atoms with van der Waals surface area (Å²) in [4.78, 5) is 26.9. The van der Waals surface area contributed by atoms with Gasteiger partial charge in [-0.15, -0.1) is 0 Å². The molecule has 1 unspecified atom stereocenters. The van der Waals surface area contributed by atoms with Gasteiger partial charge in [-0.2, -0.15) is 11.8 Å². The molecule has 2 aliphatic rings. The quantitative estimate of drug-likeness (QED) is 0.748. The Bertz CT molecular complexity index is 545. The summed E-state index contributed by atoms with van der Waals surface area (Å²) >= 11 is 7.30. The molecular formula is C12H10ClFN2O2S. The van der Waals surface area contributed by atoms with Crippen molar-refractivity contribution in [2.75, 3.05) is 23.0 Å². The number of carbonyl (C=O) groups excluding carboxylic acids is 2. The van der Waals surface area contributed by atoms with Gasteiger partial charge >= 0.3 is 6.03 Å². The Morgan fingerprint density at radius 3 is 2.84 bits per heavy atom. The highest BCUT2D eigenvalue weighted by atomic mass is 35.5. The maximum absolute atomic E-state index is 13.9. The first-order chi connectivity index (χ1) is 9.09. The van der Waals surface area contributed by atoms with E-state index in [2.05, 4.69) is 0 Å². The lowest BCUT2D eigenvalue weighted by Gasteiger charge is -2.25. The van der Waals surface area contributed by atoms with Gasteiger partial charge in [0, 0.05) is 23.1 Å². The normalized spacial score (nSPS) is 22.9. The highest BCUT2D eigenvalue weighted by Crippen LogP contribution is 2.32. The van der Waals surface area contributed by atoms with E-state index in [9.17, 15) is 14.0 Å². The zero-order valence-corrected chi connectivity index (χ0v) is 11.4. The van der Waals surface area contributed by atoms with Crippen molar-refractivity contribution in [3.05, 3.63) is 29.0 Å². The molecule has 0 bridgehead atoms. The van der Waals surface area contributed by atoms with E-state index in [0.29, 0.717) is 12.3 Å². The molecule has 3 amide bonds. The van der Waals surface area contributed by atoms with Crippen molar-refractivity contribution in [2.45, 2.75) is 6.04 Å². The Hall–Kier alpha value is -1.27. The number of anilines is 1. The van der Waals surface area contributed by atoms with Gasteiger partial charge in [0.2, 0.25) is 0 Å². The second-order valence-corrected chi connectivity index (χ2v) is 5.92. The molecule has 0 spiro atoms. The lowest BCUT2D eigenvalue weighted by molar-refractivity contribution is -0.119. The number of carbonyl (C=O) groups is 2. The van der Waals surface area contributed by atoms with Crippen LogP contribution in [0, 0.1) is 5.82 Å². The standard InChI is InChI=1S/C12H10ClFN2O2S/c13-7-1-2-9(8(14)5-7)16-11(17)10-6-19-4-3-15(10)12(16)18/h1-2,5,10H,3-4,6H2. The molecule has 2 heterocycles. The van der Waals surface area contributed by atoms with Crippen molar-refractivity contribution in [1.82, 2.24) is 4.90 Å². The fourth-order valence-corrected chi connectivity index (χ4v) is 3.49. The summed E-state index contributed by atoms with van der Waals surface area (Å²) < 4.78 is 13.9. The van der Waals surface area contributed by atoms with Crippen LogP contribution in [0.15, 0.2) is 18.2 Å². The molecule has 2 aliphatic heterocycles. The average molecular weight is 301 g/mol. The Morgan fingerprint density at radius 2 is 2.16 bits per heavy atom. The first-order valence-corrected chi connectivity index (χ1v) is 7.30. The molecule has 0 radical (unpaired) electrons. The highest BCUT2D eigenvalue weighted by molar-refractivity contribution is 7.99. The van der Waals surface area contributed by atoms with E-state index in [1.54, 1.807) is 11.8 Å². The summed E-state index contributed by atoms with van der Waals surface area (Å²) in [6, 6.07) is 3.01. The molecule has 2 saturated heterocycles. The minimum atomic E-state index is -0.665. The number of halogens is 2. The first-order valence-electron chi connectivity index (χ1n) is 5.77. The van der Waals surface area contributed by atoms with Crippen molar-refractivity contribution in [1.29, 1.82) is 0 Å². The molecule has 4 nitrogen and oxygen atoms in total. The van der Waals surface area contributed by atoms with Crippen LogP contribution in [0.1, 0.15) is 0 Å². The smallest absolute Gasteiger partial charge is 0.310 e. The fraction of sp³-hybridized carbons (Fsp3) is 0.333. The second kappa shape index (κ2) is 4.68. The van der Waals surface area contributed by atoms with Gasteiger partial charge in [0.05, 0.1) is 5.69 Å². The zero-order chi connectivity index (χ0) is 13.6. The summed E-state index contributed by atoms with van der Waals surface area (Å²) in [6.07, 6.45) is 0. The molecule has 1 aromatic rings. The number of hydrogen-bond acceptors (Lipinski definition) is 3. The summed E-state index contributed by atoms with van der Waals surface area (Å²) in [5, 5.41) is 0.230. The van der Waals surface area contributed by atoms with Crippen LogP contribution in [-0.4, -0.2) is 40.9 Å². The Balaban J connectivity index is 2.00. The van der Waals surface area contributed by atoms with Crippen LogP contribution >= 0.6 is 23.4 Å². The number of imide groups is 1. The maximum Gasteiger partial charge on any atom is 0.332 e. The summed E-state index contributed by atoms with van der Waals surface area (Å²) in [7, 11) is 0. The van der Waals surface area contributed by atoms with Crippen molar-refractivity contribution in [3.8, 4) is 0 Å². The van der Waals surface area contributed by atoms with Gasteiger partial charge in [0.25, 0.3) is 5.91 Å². The van der Waals surface area contributed by atoms with Gasteiger partial charge in [0.1, 0.15) is 11.9 Å². The largest absolute Gasteiger partial charge is 0.332 e. The van der Waals surface area contributed by atoms with Crippen LogP contribution in [0.5, 0.6) is 0 Å². The number of benzene rings is 1. The number of amides is 3. The highest BCUT2D eigenvalue weighted by Gasteiger charge is 2.47. The predicted octanol–water partition coefficient (Wildman–Crippen LogP) is 2.36. The molecule has 0 saturated carbocycles. The summed E-state index contributed by atoms with van der Waals surface area (Å²) in [5.74, 6) is 0.336. The maximum atomic E-state index is 13.9. The molecule has 3 rings (SSSR count). The third-order valence-electron chi connectivity index (χ3n) is 3.22. The molecule has 0 aliphatic carbocycles. The van der Waals surface area contributed by atoms with E-state index in [-0.39, 0.29) is 16.6 Å². The van der Waals surface area contributed by atoms with Gasteiger partial charge < -0.3 is 4.90 Å². The third kappa shape index (κ3) is 1.99. The SMILES string of the molecule is O=C1C2CSCCN2C(=O)N1c1ccc(Cl)cc1F. The van der Waals surface area contributed by atoms with Gasteiger partial charge in [-0.05, 0) is 18.2 Å². The van der Waals surface area contributed by atoms with E-state index in [1.807, 2.05) is 0 Å². The van der Waals surface area contributed by atoms with E-state index < -0.39 is 17.9 Å². The van der Waals surface area contributed by atoms with Crippen LogP contribution in [0.25, 0.3) is 0 Å². The number of fused-ring (bicyclic) bond motifs is 1. The van der Waals surface area contributed by atoms with Crippen LogP contribution in [-0.2, 0) is 4.79 Å². The Kier molecular flexibility index (Phi) is 3.14. The first kappa shape index (κ1) is 12.7. The number of urea groups is 1. The summed E-state index contributed by atoms with van der Waals surface area (Å²) in [5.41, 5.74) is -0.0289. The van der Waals surface area contributed by atoms with Crippen molar-refractivity contribution in [2.24, 2.45) is 0 Å². The second-order valence-electron chi connectivity index (χ2n) is 4.34. The Morgan fingerprint density at radius 1 is 1.37 bits per heavy atom. The lowest BCUT2D eigenvalue weighted by atomic mass is 10.2. The zero-order valence-electron chi connectivity index (χ0n) is 9.81. The molecule has 1 atom stereocenters. The lowest BCUT2D eigenvalue weighted by Crippen LogP contribution is -2.41. The van der Waals surface area contributed by atoms with E-state index in [4.69, 9.17) is 11.6 Å². The molecule has 0 N–H and O–H groups in total. The van der Waals surface area contributed by atoms with E-state index >= 15 is 0 Å². The minimum Gasteiger partial charge on any atom is -0.310 e. The van der Waals surface area contributed by atoms with Gasteiger partial charge in [-0.25, -0.2) is 14.1 Å². The van der Waals surface area contributed by atoms with E-state index in [1.165, 1.54) is 17.0 Å². The fourth-order valence-electron chi connectivity index (χ4n) is 2.29. The molecule has 19 heavy (non-hydrogen) atoms. The number of nitrogens with zero attached hydrogens (tertiary/aromatic N) is 2. The van der Waals surface area contributed by atoms with Crippen LogP contribution < -0.4 is 4.90 Å². The third-order valence-corrected chi connectivity index (χ3v) is 4.48. The molecule has 2 fully saturated rings. The molecule has 0 aromatic heterocycles. The van der Waals surface area contributed by atoms with Crippen molar-refractivity contribution < 1.29 is 14.0 Å². The van der Waals surface area contributed by atoms with Gasteiger partial charge in [-0.3, -0.25) is 4.79 Å². The van der Waals surface area contributed by atoms with Gasteiger partial charge in [0.15, 0.2) is 0 Å². The van der Waals surface area contributed by atoms with Crippen LogP contribution in [0.4, 0.5) is 14.9 Å². The number of rotatable bonds is 1. The minimum absolute atomic E-state index is 0.0289. The Labute approximate surface area is 118 Å². The molecule has 1 aromatic carbocycles. The van der Waals surface area contributed by atoms with Crippen molar-refractivity contribution in [3.63, 3.8) is 0 Å². The average Bonchev–Trinajstić information content (AvgIpc) is 2.64. The van der Waals surface area contributed by atoms with Crippen LogP contribution in [0.2, 0.25) is 5.02 Å². The van der Waals surface area contributed by atoms with Gasteiger partial charge in [-0.1, -0.05) is 11.6 Å². The monoisotopic (exact) mass is 300 g/mol. The van der Waals surface area contributed by atoms with E-state index in [0.717, 1.165) is 16.7 Å². The summed E-state index contributed by atoms with van der Waals surface area (Å²) in [6.45, 7) is 0.519. The number of hydrogen-bond donors (Lipinski definition) is 0. The van der Waals surface area contributed by atoms with Crippen molar-refractivity contribution >= 4 is 41.0 Å². The van der Waals surface area contributed by atoms with Crippen LogP contribution in [0.3, 0.4) is 0 Å². The number of thioether (sulfide) groups is 1.